The quantitative estimate of drug-likeness (QED) is 0.887. The molecule has 3 heterocycles. The first-order valence-electron chi connectivity index (χ1n) is 9.94. The predicted molar refractivity (Wildman–Crippen MR) is 103 cm³/mol. The lowest BCUT2D eigenvalue weighted by atomic mass is 10.1. The van der Waals surface area contributed by atoms with Gasteiger partial charge in [-0.15, -0.1) is 0 Å². The van der Waals surface area contributed by atoms with E-state index in [9.17, 15) is 4.79 Å². The second-order valence-corrected chi connectivity index (χ2v) is 7.63. The number of aryl methyl sites for hydroxylation is 1. The van der Waals surface area contributed by atoms with Crippen LogP contribution in [0.3, 0.4) is 0 Å². The fourth-order valence-electron chi connectivity index (χ4n) is 4.24. The van der Waals surface area contributed by atoms with Gasteiger partial charge in [0.1, 0.15) is 11.9 Å². The maximum atomic E-state index is 12.9. The summed E-state index contributed by atoms with van der Waals surface area (Å²) in [6, 6.07) is 8.35. The molecule has 2 fully saturated rings. The van der Waals surface area contributed by atoms with Gasteiger partial charge in [-0.2, -0.15) is 0 Å². The van der Waals surface area contributed by atoms with Crippen molar-refractivity contribution in [2.24, 2.45) is 0 Å². The van der Waals surface area contributed by atoms with Gasteiger partial charge < -0.3 is 9.47 Å². The van der Waals surface area contributed by atoms with Crippen LogP contribution in [0.1, 0.15) is 44.3 Å². The van der Waals surface area contributed by atoms with Crippen molar-refractivity contribution < 1.29 is 4.79 Å². The molecule has 2 saturated heterocycles. The minimum atomic E-state index is -0.116. The fraction of sp³-hybridized carbons (Fsp3) is 0.600. The van der Waals surface area contributed by atoms with Crippen molar-refractivity contribution in [2.75, 3.05) is 13.1 Å². The zero-order valence-electron chi connectivity index (χ0n) is 15.6. The fourth-order valence-corrected chi connectivity index (χ4v) is 4.24. The van der Waals surface area contributed by atoms with Crippen LogP contribution in [0.15, 0.2) is 24.3 Å². The van der Waals surface area contributed by atoms with Crippen LogP contribution in [0.4, 0.5) is 0 Å². The predicted octanol–water partition coefficient (Wildman–Crippen LogP) is 2.37. The normalized spacial score (nSPS) is 24.6. The molecule has 0 saturated carbocycles. The summed E-state index contributed by atoms with van der Waals surface area (Å²) < 4.78 is 2.25. The van der Waals surface area contributed by atoms with Crippen molar-refractivity contribution in [3.8, 4) is 0 Å². The van der Waals surface area contributed by atoms with E-state index in [4.69, 9.17) is 0 Å². The summed E-state index contributed by atoms with van der Waals surface area (Å²) in [7, 11) is 0. The average molecular weight is 355 g/mol. The Morgan fingerprint density at radius 3 is 2.65 bits per heavy atom. The second kappa shape index (κ2) is 7.76. The minimum Gasteiger partial charge on any atom is -0.341 e. The largest absolute Gasteiger partial charge is 0.341 e. The highest BCUT2D eigenvalue weighted by Gasteiger charge is 2.32. The van der Waals surface area contributed by atoms with Crippen LogP contribution in [0, 0.1) is 6.92 Å². The summed E-state index contributed by atoms with van der Waals surface area (Å²) >= 11 is 0. The Balaban J connectivity index is 1.40. The molecule has 4 rings (SSSR count). The molecule has 0 bridgehead atoms. The van der Waals surface area contributed by atoms with Crippen molar-refractivity contribution in [2.45, 2.75) is 64.1 Å². The SMILES string of the molecule is Cc1nc2ccccc2n1CC1CC(C(=O)N2CCCCCCC2)NN1. The first-order valence-corrected chi connectivity index (χ1v) is 9.94. The monoisotopic (exact) mass is 355 g/mol. The molecule has 2 unspecified atom stereocenters. The van der Waals surface area contributed by atoms with Crippen LogP contribution in [0.2, 0.25) is 0 Å². The summed E-state index contributed by atoms with van der Waals surface area (Å²) in [6.07, 6.45) is 6.89. The van der Waals surface area contributed by atoms with Gasteiger partial charge in [0.2, 0.25) is 5.91 Å². The van der Waals surface area contributed by atoms with E-state index < -0.39 is 0 Å². The number of para-hydroxylation sites is 2. The molecule has 2 aromatic rings. The summed E-state index contributed by atoms with van der Waals surface area (Å²) in [4.78, 5) is 19.6. The van der Waals surface area contributed by atoms with Crippen LogP contribution in [-0.2, 0) is 11.3 Å². The van der Waals surface area contributed by atoms with E-state index >= 15 is 0 Å². The van der Waals surface area contributed by atoms with E-state index in [2.05, 4.69) is 37.4 Å². The Hall–Kier alpha value is -1.92. The zero-order chi connectivity index (χ0) is 17.9. The number of likely N-dealkylation sites (tertiary alicyclic amines) is 1. The molecular weight excluding hydrogens is 326 g/mol. The lowest BCUT2D eigenvalue weighted by molar-refractivity contribution is -0.133. The van der Waals surface area contributed by atoms with E-state index in [1.54, 1.807) is 0 Å². The van der Waals surface area contributed by atoms with E-state index in [-0.39, 0.29) is 18.0 Å². The van der Waals surface area contributed by atoms with Gasteiger partial charge in [0.05, 0.1) is 11.0 Å². The summed E-state index contributed by atoms with van der Waals surface area (Å²) in [5.41, 5.74) is 8.77. The molecule has 2 aliphatic heterocycles. The molecule has 0 radical (unpaired) electrons. The highest BCUT2D eigenvalue weighted by Crippen LogP contribution is 2.19. The Morgan fingerprint density at radius 2 is 1.85 bits per heavy atom. The van der Waals surface area contributed by atoms with Gasteiger partial charge in [-0.1, -0.05) is 31.4 Å². The molecule has 26 heavy (non-hydrogen) atoms. The van der Waals surface area contributed by atoms with Gasteiger partial charge in [-0.3, -0.25) is 10.2 Å². The number of carbonyl (C=O) groups is 1. The Bertz CT molecular complexity index is 763. The van der Waals surface area contributed by atoms with Crippen molar-refractivity contribution >= 4 is 16.9 Å². The number of amides is 1. The topological polar surface area (TPSA) is 62.2 Å². The molecule has 0 spiro atoms. The number of hydrogen-bond donors (Lipinski definition) is 2. The molecule has 2 N–H and O–H groups in total. The van der Waals surface area contributed by atoms with E-state index in [0.29, 0.717) is 0 Å². The molecule has 2 aliphatic rings. The Morgan fingerprint density at radius 1 is 1.12 bits per heavy atom. The maximum absolute atomic E-state index is 12.9. The maximum Gasteiger partial charge on any atom is 0.241 e. The van der Waals surface area contributed by atoms with Crippen LogP contribution in [0.5, 0.6) is 0 Å². The first kappa shape index (κ1) is 17.5. The molecule has 140 valence electrons. The number of nitrogens with zero attached hydrogens (tertiary/aromatic N) is 3. The van der Waals surface area contributed by atoms with Crippen molar-refractivity contribution in [3.05, 3.63) is 30.1 Å². The van der Waals surface area contributed by atoms with Crippen LogP contribution < -0.4 is 10.9 Å². The summed E-state index contributed by atoms with van der Waals surface area (Å²) in [5.74, 6) is 1.28. The molecule has 6 nitrogen and oxygen atoms in total. The third-order valence-corrected chi connectivity index (χ3v) is 5.70. The van der Waals surface area contributed by atoms with Gasteiger partial charge in [0.15, 0.2) is 0 Å². The van der Waals surface area contributed by atoms with Crippen molar-refractivity contribution in [3.63, 3.8) is 0 Å². The Kier molecular flexibility index (Phi) is 5.22. The van der Waals surface area contributed by atoms with Crippen LogP contribution in [0.25, 0.3) is 11.0 Å². The number of hydrogen-bond acceptors (Lipinski definition) is 4. The smallest absolute Gasteiger partial charge is 0.241 e. The first-order chi connectivity index (χ1) is 12.7. The van der Waals surface area contributed by atoms with Gasteiger partial charge in [0.25, 0.3) is 0 Å². The molecule has 2 atom stereocenters. The number of benzene rings is 1. The van der Waals surface area contributed by atoms with Crippen molar-refractivity contribution in [1.82, 2.24) is 25.3 Å². The number of hydrazine groups is 1. The zero-order valence-corrected chi connectivity index (χ0v) is 15.6. The summed E-state index contributed by atoms with van der Waals surface area (Å²) in [6.45, 7) is 4.69. The molecule has 1 aromatic carbocycles. The number of nitrogens with one attached hydrogen (secondary N) is 2. The number of rotatable bonds is 3. The number of carbonyl (C=O) groups excluding carboxylic acids is 1. The third-order valence-electron chi connectivity index (χ3n) is 5.70. The minimum absolute atomic E-state index is 0.116. The molecule has 1 aromatic heterocycles. The summed E-state index contributed by atoms with van der Waals surface area (Å²) in [5, 5.41) is 0. The van der Waals surface area contributed by atoms with E-state index in [1.807, 2.05) is 19.1 Å². The number of fused-ring (bicyclic) bond motifs is 1. The van der Waals surface area contributed by atoms with E-state index in [0.717, 1.165) is 55.8 Å². The van der Waals surface area contributed by atoms with Gasteiger partial charge >= 0.3 is 0 Å². The second-order valence-electron chi connectivity index (χ2n) is 7.63. The molecule has 1 amide bonds. The van der Waals surface area contributed by atoms with Gasteiger partial charge in [-0.25, -0.2) is 10.4 Å². The van der Waals surface area contributed by atoms with E-state index in [1.165, 1.54) is 19.3 Å². The van der Waals surface area contributed by atoms with Gasteiger partial charge in [-0.05, 0) is 38.3 Å². The number of imidazole rings is 1. The molecule has 6 heteroatoms. The van der Waals surface area contributed by atoms with Gasteiger partial charge in [0, 0.05) is 25.7 Å². The van der Waals surface area contributed by atoms with Crippen LogP contribution in [-0.4, -0.2) is 45.5 Å². The average Bonchev–Trinajstić information content (AvgIpc) is 3.20. The Labute approximate surface area is 154 Å². The standard InChI is InChI=1S/C20H29N5O/c1-15-21-17-9-5-6-10-19(17)25(15)14-16-13-18(23-22-16)20(26)24-11-7-3-2-4-8-12-24/h5-6,9-10,16,18,22-23H,2-4,7-8,11-14H2,1H3. The lowest BCUT2D eigenvalue weighted by Gasteiger charge is -2.27. The third kappa shape index (κ3) is 3.62. The van der Waals surface area contributed by atoms with Crippen LogP contribution >= 0.6 is 0 Å². The highest BCUT2D eigenvalue weighted by atomic mass is 16.2. The lowest BCUT2D eigenvalue weighted by Crippen LogP contribution is -2.46. The number of aromatic nitrogens is 2. The highest BCUT2D eigenvalue weighted by molar-refractivity contribution is 5.82. The molecular formula is C20H29N5O. The van der Waals surface area contributed by atoms with Crippen molar-refractivity contribution in [1.29, 1.82) is 0 Å². The molecule has 0 aliphatic carbocycles.